The van der Waals surface area contributed by atoms with Gasteiger partial charge in [0.25, 0.3) is 0 Å². The number of nitrogens with two attached hydrogens (primary N) is 1. The Morgan fingerprint density at radius 3 is 2.00 bits per heavy atom. The van der Waals surface area contributed by atoms with Crippen molar-refractivity contribution in [3.8, 4) is 0 Å². The van der Waals surface area contributed by atoms with E-state index in [2.05, 4.69) is 19.3 Å². The van der Waals surface area contributed by atoms with Gasteiger partial charge in [-0.25, -0.2) is 0 Å². The fourth-order valence-corrected chi connectivity index (χ4v) is 2.16. The van der Waals surface area contributed by atoms with Gasteiger partial charge < -0.3 is 0 Å². The Kier molecular flexibility index (Phi) is 5.82. The normalized spacial score (nSPS) is 13.8. The molecule has 0 fully saturated rings. The van der Waals surface area contributed by atoms with Crippen LogP contribution in [0.4, 0.5) is 13.2 Å². The van der Waals surface area contributed by atoms with E-state index in [-0.39, 0.29) is 6.04 Å². The van der Waals surface area contributed by atoms with Gasteiger partial charge >= 0.3 is 6.18 Å². The molecule has 2 nitrogen and oxygen atoms in total. The Bertz CT molecular complexity index is 369. The van der Waals surface area contributed by atoms with Gasteiger partial charge in [0, 0.05) is 6.04 Å². The van der Waals surface area contributed by atoms with Crippen LogP contribution in [0, 0.1) is 5.92 Å². The van der Waals surface area contributed by atoms with E-state index in [1.807, 2.05) is 0 Å². The van der Waals surface area contributed by atoms with Crippen LogP contribution < -0.4 is 11.3 Å². The summed E-state index contributed by atoms with van der Waals surface area (Å²) in [7, 11) is 0. The fraction of sp³-hybridized carbons (Fsp3) is 0.571. The quantitative estimate of drug-likeness (QED) is 0.607. The molecule has 0 heterocycles. The van der Waals surface area contributed by atoms with Crippen LogP contribution in [0.25, 0.3) is 0 Å². The number of hydrogen-bond donors (Lipinski definition) is 2. The Labute approximate surface area is 112 Å². The molecular weight excluding hydrogens is 253 g/mol. The Morgan fingerprint density at radius 2 is 1.63 bits per heavy atom. The van der Waals surface area contributed by atoms with E-state index in [4.69, 9.17) is 5.84 Å². The van der Waals surface area contributed by atoms with Gasteiger partial charge in [0.05, 0.1) is 5.56 Å². The first-order valence-corrected chi connectivity index (χ1v) is 6.55. The predicted octanol–water partition coefficient (Wildman–Crippen LogP) is 4.04. The summed E-state index contributed by atoms with van der Waals surface area (Å²) in [5.41, 5.74) is 2.86. The number of alkyl halides is 3. The van der Waals surface area contributed by atoms with Crippen molar-refractivity contribution >= 4 is 0 Å². The maximum absolute atomic E-state index is 12.5. The molecule has 0 saturated heterocycles. The van der Waals surface area contributed by atoms with Crippen LogP contribution in [-0.4, -0.2) is 0 Å². The number of hydrazine groups is 1. The largest absolute Gasteiger partial charge is 0.416 e. The zero-order chi connectivity index (χ0) is 14.5. The molecule has 0 amide bonds. The van der Waals surface area contributed by atoms with Crippen molar-refractivity contribution in [2.45, 2.75) is 45.3 Å². The number of halogens is 3. The fourth-order valence-electron chi connectivity index (χ4n) is 2.16. The van der Waals surface area contributed by atoms with Crippen molar-refractivity contribution in [3.05, 3.63) is 35.4 Å². The zero-order valence-electron chi connectivity index (χ0n) is 11.3. The summed E-state index contributed by atoms with van der Waals surface area (Å²) in [6.45, 7) is 4.21. The van der Waals surface area contributed by atoms with Gasteiger partial charge in [0.2, 0.25) is 0 Å². The lowest BCUT2D eigenvalue weighted by atomic mass is 9.91. The van der Waals surface area contributed by atoms with Gasteiger partial charge in [-0.05, 0) is 30.0 Å². The van der Waals surface area contributed by atoms with Gasteiger partial charge in [-0.1, -0.05) is 38.8 Å². The van der Waals surface area contributed by atoms with Crippen molar-refractivity contribution in [1.82, 2.24) is 5.43 Å². The summed E-state index contributed by atoms with van der Waals surface area (Å²) in [5, 5.41) is 0. The van der Waals surface area contributed by atoms with E-state index in [0.717, 1.165) is 37.0 Å². The topological polar surface area (TPSA) is 38.0 Å². The highest BCUT2D eigenvalue weighted by Gasteiger charge is 2.30. The molecule has 0 saturated carbocycles. The summed E-state index contributed by atoms with van der Waals surface area (Å²) in [4.78, 5) is 0. The lowest BCUT2D eigenvalue weighted by molar-refractivity contribution is -0.137. The molecule has 5 heteroatoms. The van der Waals surface area contributed by atoms with E-state index >= 15 is 0 Å². The molecule has 1 aromatic carbocycles. The highest BCUT2D eigenvalue weighted by Crippen LogP contribution is 2.31. The third kappa shape index (κ3) is 4.51. The van der Waals surface area contributed by atoms with E-state index in [0.29, 0.717) is 5.92 Å². The molecule has 1 unspecified atom stereocenters. The van der Waals surface area contributed by atoms with Crippen LogP contribution >= 0.6 is 0 Å². The summed E-state index contributed by atoms with van der Waals surface area (Å²) in [5.74, 6) is 6.03. The average Bonchev–Trinajstić information content (AvgIpc) is 2.39. The molecular formula is C14H21F3N2. The summed E-state index contributed by atoms with van der Waals surface area (Å²) < 4.78 is 37.4. The lowest BCUT2D eigenvalue weighted by Crippen LogP contribution is -2.29. The second-order valence-electron chi connectivity index (χ2n) is 4.76. The molecule has 0 spiro atoms. The summed E-state index contributed by atoms with van der Waals surface area (Å²) in [6.07, 6.45) is -1.39. The van der Waals surface area contributed by atoms with E-state index in [1.54, 1.807) is 0 Å². The monoisotopic (exact) mass is 274 g/mol. The van der Waals surface area contributed by atoms with Crippen LogP contribution in [0.15, 0.2) is 24.3 Å². The molecule has 0 aliphatic carbocycles. The molecule has 0 aliphatic rings. The van der Waals surface area contributed by atoms with Crippen molar-refractivity contribution in [1.29, 1.82) is 0 Å². The van der Waals surface area contributed by atoms with Crippen molar-refractivity contribution in [2.75, 3.05) is 0 Å². The number of benzene rings is 1. The predicted molar refractivity (Wildman–Crippen MR) is 70.2 cm³/mol. The molecule has 0 aliphatic heterocycles. The second-order valence-corrected chi connectivity index (χ2v) is 4.76. The summed E-state index contributed by atoms with van der Waals surface area (Å²) >= 11 is 0. The third-order valence-electron chi connectivity index (χ3n) is 3.57. The Hall–Kier alpha value is -1.07. The highest BCUT2D eigenvalue weighted by molar-refractivity contribution is 5.26. The first kappa shape index (κ1) is 16.0. The minimum absolute atomic E-state index is 0.104. The molecule has 1 atom stereocenters. The van der Waals surface area contributed by atoms with Crippen LogP contribution in [0.2, 0.25) is 0 Å². The molecule has 0 aromatic heterocycles. The molecule has 19 heavy (non-hydrogen) atoms. The van der Waals surface area contributed by atoms with Crippen LogP contribution in [0.3, 0.4) is 0 Å². The van der Waals surface area contributed by atoms with Crippen LogP contribution in [0.1, 0.15) is 50.3 Å². The Balaban J connectivity index is 2.82. The standard InChI is InChI=1S/C14H21F3N2/c1-3-10(4-2)9-13(19-18)11-5-7-12(8-6-11)14(15,16)17/h5-8,10,13,19H,3-4,9,18H2,1-2H3. The lowest BCUT2D eigenvalue weighted by Gasteiger charge is -2.22. The first-order valence-electron chi connectivity index (χ1n) is 6.55. The van der Waals surface area contributed by atoms with E-state index in [1.165, 1.54) is 12.1 Å². The number of hydrogen-bond acceptors (Lipinski definition) is 2. The minimum Gasteiger partial charge on any atom is -0.271 e. The van der Waals surface area contributed by atoms with Gasteiger partial charge in [0.1, 0.15) is 0 Å². The van der Waals surface area contributed by atoms with Crippen molar-refractivity contribution in [2.24, 2.45) is 11.8 Å². The van der Waals surface area contributed by atoms with Crippen molar-refractivity contribution in [3.63, 3.8) is 0 Å². The summed E-state index contributed by atoms with van der Waals surface area (Å²) in [6, 6.07) is 5.09. The van der Waals surface area contributed by atoms with Gasteiger partial charge in [-0.3, -0.25) is 11.3 Å². The maximum atomic E-state index is 12.5. The Morgan fingerprint density at radius 1 is 1.11 bits per heavy atom. The highest BCUT2D eigenvalue weighted by atomic mass is 19.4. The SMILES string of the molecule is CCC(CC)CC(NN)c1ccc(C(F)(F)F)cc1. The van der Waals surface area contributed by atoms with Crippen LogP contribution in [-0.2, 0) is 6.18 Å². The van der Waals surface area contributed by atoms with E-state index < -0.39 is 11.7 Å². The molecule has 3 N–H and O–H groups in total. The van der Waals surface area contributed by atoms with Crippen LogP contribution in [0.5, 0.6) is 0 Å². The van der Waals surface area contributed by atoms with Gasteiger partial charge in [0.15, 0.2) is 0 Å². The number of nitrogens with one attached hydrogen (secondary N) is 1. The maximum Gasteiger partial charge on any atom is 0.416 e. The smallest absolute Gasteiger partial charge is 0.271 e. The zero-order valence-corrected chi connectivity index (χ0v) is 11.3. The number of rotatable bonds is 6. The molecule has 1 rings (SSSR count). The van der Waals surface area contributed by atoms with Gasteiger partial charge in [-0.15, -0.1) is 0 Å². The third-order valence-corrected chi connectivity index (χ3v) is 3.57. The minimum atomic E-state index is -4.29. The molecule has 1 aromatic rings. The second kappa shape index (κ2) is 6.91. The van der Waals surface area contributed by atoms with Crippen molar-refractivity contribution < 1.29 is 13.2 Å². The molecule has 0 bridgehead atoms. The first-order chi connectivity index (χ1) is 8.92. The average molecular weight is 274 g/mol. The molecule has 108 valence electrons. The van der Waals surface area contributed by atoms with Gasteiger partial charge in [-0.2, -0.15) is 13.2 Å². The van der Waals surface area contributed by atoms with E-state index in [9.17, 15) is 13.2 Å². The molecule has 0 radical (unpaired) electrons.